The first-order valence-corrected chi connectivity index (χ1v) is 9.04. The highest BCUT2D eigenvalue weighted by Gasteiger charge is 2.41. The number of carboxylic acids is 1. The number of esters is 1. The lowest BCUT2D eigenvalue weighted by Crippen LogP contribution is -2.43. The smallest absolute Gasteiger partial charge is 0.335 e. The number of ether oxygens (including phenoxy) is 1. The molecule has 0 aliphatic carbocycles. The number of aromatic carboxylic acids is 1. The summed E-state index contributed by atoms with van der Waals surface area (Å²) >= 11 is 0. The maximum absolute atomic E-state index is 12.8. The van der Waals surface area contributed by atoms with Crippen molar-refractivity contribution in [2.45, 2.75) is 50.2 Å². The van der Waals surface area contributed by atoms with Gasteiger partial charge < -0.3 is 9.84 Å². The van der Waals surface area contributed by atoms with Crippen LogP contribution in [0.4, 0.5) is 0 Å². The van der Waals surface area contributed by atoms with E-state index < -0.39 is 33.6 Å². The van der Waals surface area contributed by atoms with Gasteiger partial charge in [-0.3, -0.25) is 4.79 Å². The minimum absolute atomic E-state index is 0.000866. The van der Waals surface area contributed by atoms with E-state index in [4.69, 9.17) is 9.84 Å². The molecule has 0 radical (unpaired) electrons. The Hall–Kier alpha value is -1.93. The topological polar surface area (TPSA) is 101 Å². The number of hydrogen-bond donors (Lipinski definition) is 1. The Bertz CT molecular complexity index is 733. The lowest BCUT2D eigenvalue weighted by Gasteiger charge is -2.27. The molecule has 1 heterocycles. The minimum Gasteiger partial charge on any atom is -0.478 e. The molecule has 1 N–H and O–H groups in total. The summed E-state index contributed by atoms with van der Waals surface area (Å²) in [6.07, 6.45) is 0.970. The summed E-state index contributed by atoms with van der Waals surface area (Å²) in [7, 11) is -3.89. The molecule has 1 fully saturated rings. The standard InChI is InChI=1S/C16H21NO6S/c1-16(2,3)23-15(20)13-5-4-10-17(13)24(21,22)12-8-6-11(7-9-12)14(18)19/h6-9,13H,4-5,10H2,1-3H3,(H,18,19). The van der Waals surface area contributed by atoms with Gasteiger partial charge in [-0.15, -0.1) is 0 Å². The summed E-state index contributed by atoms with van der Waals surface area (Å²) in [5.74, 6) is -1.70. The second kappa shape index (κ2) is 6.52. The van der Waals surface area contributed by atoms with Crippen LogP contribution in [0.15, 0.2) is 29.2 Å². The quantitative estimate of drug-likeness (QED) is 0.828. The molecule has 24 heavy (non-hydrogen) atoms. The highest BCUT2D eigenvalue weighted by molar-refractivity contribution is 7.89. The summed E-state index contributed by atoms with van der Waals surface area (Å²) in [4.78, 5) is 23.1. The molecule has 1 aliphatic heterocycles. The molecule has 1 unspecified atom stereocenters. The van der Waals surface area contributed by atoms with Crippen molar-refractivity contribution in [3.05, 3.63) is 29.8 Å². The Balaban J connectivity index is 2.27. The predicted octanol–water partition coefficient (Wildman–Crippen LogP) is 1.88. The van der Waals surface area contributed by atoms with Gasteiger partial charge in [0.05, 0.1) is 10.5 Å². The number of sulfonamides is 1. The van der Waals surface area contributed by atoms with Crippen LogP contribution in [0.1, 0.15) is 44.0 Å². The highest BCUT2D eigenvalue weighted by Crippen LogP contribution is 2.28. The number of carboxylic acid groups (broad SMARTS) is 1. The lowest BCUT2D eigenvalue weighted by molar-refractivity contribution is -0.158. The van der Waals surface area contributed by atoms with Gasteiger partial charge in [0, 0.05) is 6.54 Å². The van der Waals surface area contributed by atoms with Gasteiger partial charge in [0.15, 0.2) is 0 Å². The second-order valence-corrected chi connectivity index (χ2v) is 8.53. The van der Waals surface area contributed by atoms with Gasteiger partial charge in [-0.05, 0) is 57.9 Å². The van der Waals surface area contributed by atoms with Crippen LogP contribution in [0.5, 0.6) is 0 Å². The maximum atomic E-state index is 12.8. The number of carbonyl (C=O) groups is 2. The fourth-order valence-electron chi connectivity index (χ4n) is 2.54. The Kier molecular flexibility index (Phi) is 5.00. The summed E-state index contributed by atoms with van der Waals surface area (Å²) in [6, 6.07) is 4.09. The molecular weight excluding hydrogens is 334 g/mol. The third-order valence-corrected chi connectivity index (χ3v) is 5.51. The normalized spacial score (nSPS) is 19.2. The first kappa shape index (κ1) is 18.4. The molecule has 7 nitrogen and oxygen atoms in total. The molecule has 132 valence electrons. The molecule has 0 spiro atoms. The van der Waals surface area contributed by atoms with E-state index in [9.17, 15) is 18.0 Å². The SMILES string of the molecule is CC(C)(C)OC(=O)C1CCCN1S(=O)(=O)c1ccc(C(=O)O)cc1. The molecule has 1 aromatic rings. The van der Waals surface area contributed by atoms with Crippen molar-refractivity contribution in [1.82, 2.24) is 4.31 Å². The van der Waals surface area contributed by atoms with Gasteiger partial charge in [0.1, 0.15) is 11.6 Å². The zero-order valence-electron chi connectivity index (χ0n) is 13.9. The van der Waals surface area contributed by atoms with Crippen LogP contribution >= 0.6 is 0 Å². The fraction of sp³-hybridized carbons (Fsp3) is 0.500. The minimum atomic E-state index is -3.89. The Morgan fingerprint density at radius 3 is 2.29 bits per heavy atom. The first-order valence-electron chi connectivity index (χ1n) is 7.60. The summed E-state index contributed by atoms with van der Waals surface area (Å²) in [5.41, 5.74) is -0.697. The zero-order valence-corrected chi connectivity index (χ0v) is 14.7. The molecule has 1 saturated heterocycles. The average Bonchev–Trinajstić information content (AvgIpc) is 2.96. The summed E-state index contributed by atoms with van der Waals surface area (Å²) in [5, 5.41) is 8.89. The molecule has 0 saturated carbocycles. The summed E-state index contributed by atoms with van der Waals surface area (Å²) < 4.78 is 32.0. The number of nitrogens with zero attached hydrogens (tertiary/aromatic N) is 1. The number of hydrogen-bond acceptors (Lipinski definition) is 5. The fourth-order valence-corrected chi connectivity index (χ4v) is 4.18. The van der Waals surface area contributed by atoms with Crippen LogP contribution in [-0.4, -0.2) is 48.0 Å². The van der Waals surface area contributed by atoms with Crippen LogP contribution in [-0.2, 0) is 19.6 Å². The number of rotatable bonds is 4. The van der Waals surface area contributed by atoms with E-state index in [2.05, 4.69) is 0 Å². The van der Waals surface area contributed by atoms with Crippen molar-refractivity contribution in [2.75, 3.05) is 6.54 Å². The van der Waals surface area contributed by atoms with E-state index in [1.54, 1.807) is 20.8 Å². The van der Waals surface area contributed by atoms with E-state index in [0.717, 1.165) is 4.31 Å². The van der Waals surface area contributed by atoms with Crippen LogP contribution in [0, 0.1) is 0 Å². The van der Waals surface area contributed by atoms with Gasteiger partial charge in [0.25, 0.3) is 0 Å². The zero-order chi connectivity index (χ0) is 18.1. The van der Waals surface area contributed by atoms with Crippen LogP contribution < -0.4 is 0 Å². The van der Waals surface area contributed by atoms with Gasteiger partial charge >= 0.3 is 11.9 Å². The van der Waals surface area contributed by atoms with Crippen molar-refractivity contribution in [2.24, 2.45) is 0 Å². The van der Waals surface area contributed by atoms with E-state index >= 15 is 0 Å². The Morgan fingerprint density at radius 1 is 1.21 bits per heavy atom. The molecule has 2 rings (SSSR count). The van der Waals surface area contributed by atoms with Crippen LogP contribution in [0.2, 0.25) is 0 Å². The van der Waals surface area contributed by atoms with Gasteiger partial charge in [-0.2, -0.15) is 4.31 Å². The molecule has 8 heteroatoms. The van der Waals surface area contributed by atoms with Crippen LogP contribution in [0.25, 0.3) is 0 Å². The second-order valence-electron chi connectivity index (χ2n) is 6.64. The molecule has 0 aromatic heterocycles. The maximum Gasteiger partial charge on any atom is 0.335 e. The van der Waals surface area contributed by atoms with E-state index in [1.807, 2.05) is 0 Å². The molecule has 0 amide bonds. The first-order chi connectivity index (χ1) is 11.0. The summed E-state index contributed by atoms with van der Waals surface area (Å²) in [6.45, 7) is 5.41. The van der Waals surface area contributed by atoms with Crippen molar-refractivity contribution in [3.8, 4) is 0 Å². The number of benzene rings is 1. The molecule has 0 bridgehead atoms. The monoisotopic (exact) mass is 355 g/mol. The molecule has 1 aromatic carbocycles. The van der Waals surface area contributed by atoms with Crippen molar-refractivity contribution < 1.29 is 27.9 Å². The number of carbonyl (C=O) groups excluding carboxylic acids is 1. The third kappa shape index (κ3) is 3.93. The molecule has 1 atom stereocenters. The van der Waals surface area contributed by atoms with E-state index in [0.29, 0.717) is 12.8 Å². The third-order valence-electron chi connectivity index (χ3n) is 3.59. The highest BCUT2D eigenvalue weighted by atomic mass is 32.2. The Labute approximate surface area is 141 Å². The van der Waals surface area contributed by atoms with Crippen molar-refractivity contribution in [1.29, 1.82) is 0 Å². The molecule has 1 aliphatic rings. The van der Waals surface area contributed by atoms with Crippen LogP contribution in [0.3, 0.4) is 0 Å². The van der Waals surface area contributed by atoms with Gasteiger partial charge in [-0.25, -0.2) is 13.2 Å². The molecular formula is C16H21NO6S. The van der Waals surface area contributed by atoms with E-state index in [1.165, 1.54) is 24.3 Å². The largest absolute Gasteiger partial charge is 0.478 e. The van der Waals surface area contributed by atoms with Crippen molar-refractivity contribution in [3.63, 3.8) is 0 Å². The predicted molar refractivity (Wildman–Crippen MR) is 86.2 cm³/mol. The lowest BCUT2D eigenvalue weighted by atomic mass is 10.2. The average molecular weight is 355 g/mol. The Morgan fingerprint density at radius 2 is 1.79 bits per heavy atom. The van der Waals surface area contributed by atoms with Gasteiger partial charge in [-0.1, -0.05) is 0 Å². The van der Waals surface area contributed by atoms with Gasteiger partial charge in [0.2, 0.25) is 10.0 Å². The van der Waals surface area contributed by atoms with Crippen molar-refractivity contribution >= 4 is 22.0 Å². The van der Waals surface area contributed by atoms with E-state index in [-0.39, 0.29) is 17.0 Å².